The molecule has 80 valence electrons. The average Bonchev–Trinajstić information content (AvgIpc) is 2.26. The number of hydrogen-bond donors (Lipinski definition) is 2. The number of amides is 1. The van der Waals surface area contributed by atoms with E-state index in [-0.39, 0.29) is 5.91 Å². The van der Waals surface area contributed by atoms with Gasteiger partial charge in [-0.25, -0.2) is 4.98 Å². The highest BCUT2D eigenvalue weighted by molar-refractivity contribution is 5.96. The molecule has 1 aromatic heterocycles. The van der Waals surface area contributed by atoms with Gasteiger partial charge in [-0.2, -0.15) is 0 Å². The summed E-state index contributed by atoms with van der Waals surface area (Å²) in [6.07, 6.45) is 2.58. The molecule has 1 aliphatic heterocycles. The molecule has 0 aromatic carbocycles. The van der Waals surface area contributed by atoms with Crippen LogP contribution in [0.15, 0.2) is 18.3 Å². The van der Waals surface area contributed by atoms with Crippen molar-refractivity contribution in [3.63, 3.8) is 0 Å². The molecule has 2 heterocycles. The van der Waals surface area contributed by atoms with Gasteiger partial charge < -0.3 is 15.8 Å². The average molecular weight is 207 g/mol. The Morgan fingerprint density at radius 2 is 2.47 bits per heavy atom. The van der Waals surface area contributed by atoms with E-state index in [4.69, 9.17) is 10.5 Å². The van der Waals surface area contributed by atoms with Crippen molar-refractivity contribution in [3.05, 3.63) is 18.3 Å². The highest BCUT2D eigenvalue weighted by Gasteiger charge is 2.27. The molecule has 1 unspecified atom stereocenters. The molecule has 5 nitrogen and oxygen atoms in total. The molecule has 3 N–H and O–H groups in total. The van der Waals surface area contributed by atoms with Crippen molar-refractivity contribution in [3.8, 4) is 5.75 Å². The summed E-state index contributed by atoms with van der Waals surface area (Å²) in [7, 11) is 0. The number of aromatic nitrogens is 1. The van der Waals surface area contributed by atoms with Crippen LogP contribution in [-0.4, -0.2) is 23.5 Å². The molecule has 0 fully saturated rings. The summed E-state index contributed by atoms with van der Waals surface area (Å²) in [6.45, 7) is 0.563. The first-order valence-corrected chi connectivity index (χ1v) is 4.94. The van der Waals surface area contributed by atoms with Crippen LogP contribution >= 0.6 is 0 Å². The molecule has 1 amide bonds. The Morgan fingerprint density at radius 3 is 3.27 bits per heavy atom. The molecule has 1 atom stereocenters. The van der Waals surface area contributed by atoms with Crippen molar-refractivity contribution < 1.29 is 9.53 Å². The quantitative estimate of drug-likeness (QED) is 0.757. The lowest BCUT2D eigenvalue weighted by molar-refractivity contribution is -0.123. The van der Waals surface area contributed by atoms with Crippen LogP contribution < -0.4 is 15.8 Å². The molecular weight excluding hydrogens is 194 g/mol. The summed E-state index contributed by atoms with van der Waals surface area (Å²) in [5.41, 5.74) is 5.39. The van der Waals surface area contributed by atoms with E-state index in [0.29, 0.717) is 24.5 Å². The molecule has 2 rings (SSSR count). The Morgan fingerprint density at radius 1 is 1.60 bits per heavy atom. The summed E-state index contributed by atoms with van der Waals surface area (Å²) in [6, 6.07) is 3.56. The van der Waals surface area contributed by atoms with E-state index in [0.717, 1.165) is 6.42 Å². The number of nitrogens with zero attached hydrogens (tertiary/aromatic N) is 1. The number of fused-ring (bicyclic) bond motifs is 1. The molecule has 0 aliphatic carbocycles. The lowest BCUT2D eigenvalue weighted by Gasteiger charge is -2.24. The van der Waals surface area contributed by atoms with Gasteiger partial charge in [0.25, 0.3) is 5.91 Å². The fourth-order valence-electron chi connectivity index (χ4n) is 1.48. The minimum atomic E-state index is -0.440. The molecule has 0 saturated carbocycles. The topological polar surface area (TPSA) is 77.2 Å². The predicted molar refractivity (Wildman–Crippen MR) is 55.6 cm³/mol. The molecule has 0 spiro atoms. The molecule has 15 heavy (non-hydrogen) atoms. The molecule has 0 saturated heterocycles. The van der Waals surface area contributed by atoms with Gasteiger partial charge in [0.15, 0.2) is 17.7 Å². The van der Waals surface area contributed by atoms with Gasteiger partial charge in [-0.05, 0) is 31.5 Å². The third-order valence-corrected chi connectivity index (χ3v) is 2.24. The number of rotatable bonds is 3. The Balaban J connectivity index is 2.11. The van der Waals surface area contributed by atoms with Crippen molar-refractivity contribution in [2.45, 2.75) is 18.9 Å². The molecule has 0 bridgehead atoms. The highest BCUT2D eigenvalue weighted by Crippen LogP contribution is 2.27. The molecule has 1 aliphatic rings. The monoisotopic (exact) mass is 207 g/mol. The number of nitrogens with one attached hydrogen (secondary N) is 1. The zero-order valence-corrected chi connectivity index (χ0v) is 8.27. The Hall–Kier alpha value is -1.62. The van der Waals surface area contributed by atoms with Crippen LogP contribution in [0.1, 0.15) is 12.8 Å². The number of ether oxygens (including phenoxy) is 1. The molecule has 1 aromatic rings. The van der Waals surface area contributed by atoms with Gasteiger partial charge in [-0.3, -0.25) is 4.79 Å². The second kappa shape index (κ2) is 4.27. The van der Waals surface area contributed by atoms with Crippen LogP contribution in [0.4, 0.5) is 5.82 Å². The van der Waals surface area contributed by atoms with E-state index in [1.54, 1.807) is 18.3 Å². The number of nitrogens with two attached hydrogens (primary N) is 1. The zero-order chi connectivity index (χ0) is 10.7. The second-order valence-corrected chi connectivity index (χ2v) is 3.38. The SMILES string of the molecule is NCCCC1Oc2cccnc2NC1=O. The largest absolute Gasteiger partial charge is 0.477 e. The third kappa shape index (κ3) is 2.07. The fourth-order valence-corrected chi connectivity index (χ4v) is 1.48. The van der Waals surface area contributed by atoms with E-state index < -0.39 is 6.10 Å². The number of hydrogen-bond acceptors (Lipinski definition) is 4. The van der Waals surface area contributed by atoms with Gasteiger partial charge >= 0.3 is 0 Å². The molecular formula is C10H13N3O2. The Bertz CT molecular complexity index is 367. The van der Waals surface area contributed by atoms with Crippen molar-refractivity contribution >= 4 is 11.7 Å². The van der Waals surface area contributed by atoms with Crippen molar-refractivity contribution in [1.29, 1.82) is 0 Å². The minimum absolute atomic E-state index is 0.144. The van der Waals surface area contributed by atoms with Crippen LogP contribution in [0.3, 0.4) is 0 Å². The van der Waals surface area contributed by atoms with Gasteiger partial charge in [0.05, 0.1) is 0 Å². The summed E-state index contributed by atoms with van der Waals surface area (Å²) in [5.74, 6) is 0.972. The van der Waals surface area contributed by atoms with E-state index in [2.05, 4.69) is 10.3 Å². The van der Waals surface area contributed by atoms with Gasteiger partial charge in [-0.15, -0.1) is 0 Å². The van der Waals surface area contributed by atoms with Crippen LogP contribution in [0, 0.1) is 0 Å². The van der Waals surface area contributed by atoms with Gasteiger partial charge in [0.2, 0.25) is 0 Å². The maximum atomic E-state index is 11.5. The Kier molecular flexibility index (Phi) is 2.82. The first kappa shape index (κ1) is 9.92. The second-order valence-electron chi connectivity index (χ2n) is 3.38. The molecule has 5 heteroatoms. The van der Waals surface area contributed by atoms with Crippen LogP contribution in [-0.2, 0) is 4.79 Å². The summed E-state index contributed by atoms with van der Waals surface area (Å²) < 4.78 is 5.52. The van der Waals surface area contributed by atoms with Crippen LogP contribution in [0.5, 0.6) is 5.75 Å². The van der Waals surface area contributed by atoms with E-state index in [1.807, 2.05) is 0 Å². The summed E-state index contributed by atoms with van der Waals surface area (Å²) in [4.78, 5) is 15.5. The van der Waals surface area contributed by atoms with Crippen molar-refractivity contribution in [1.82, 2.24) is 4.98 Å². The van der Waals surface area contributed by atoms with Crippen molar-refractivity contribution in [2.24, 2.45) is 5.73 Å². The van der Waals surface area contributed by atoms with Gasteiger partial charge in [0, 0.05) is 6.20 Å². The molecule has 0 radical (unpaired) electrons. The first-order chi connectivity index (χ1) is 7.31. The lowest BCUT2D eigenvalue weighted by atomic mass is 10.1. The normalized spacial score (nSPS) is 19.0. The maximum Gasteiger partial charge on any atom is 0.266 e. The summed E-state index contributed by atoms with van der Waals surface area (Å²) >= 11 is 0. The smallest absolute Gasteiger partial charge is 0.266 e. The van der Waals surface area contributed by atoms with E-state index in [9.17, 15) is 4.79 Å². The summed E-state index contributed by atoms with van der Waals surface area (Å²) in [5, 5.41) is 2.70. The number of carbonyl (C=O) groups excluding carboxylic acids is 1. The fraction of sp³-hybridized carbons (Fsp3) is 0.400. The van der Waals surface area contributed by atoms with Crippen LogP contribution in [0.2, 0.25) is 0 Å². The van der Waals surface area contributed by atoms with E-state index in [1.165, 1.54) is 0 Å². The minimum Gasteiger partial charge on any atom is -0.477 e. The highest BCUT2D eigenvalue weighted by atomic mass is 16.5. The third-order valence-electron chi connectivity index (χ3n) is 2.24. The number of carbonyl (C=O) groups is 1. The Labute approximate surface area is 87.6 Å². The number of anilines is 1. The van der Waals surface area contributed by atoms with E-state index >= 15 is 0 Å². The van der Waals surface area contributed by atoms with Crippen molar-refractivity contribution in [2.75, 3.05) is 11.9 Å². The maximum absolute atomic E-state index is 11.5. The standard InChI is InChI=1S/C10H13N3O2/c11-5-1-3-8-10(14)13-9-7(15-8)4-2-6-12-9/h2,4,6,8H,1,3,5,11H2,(H,12,13,14). The predicted octanol–water partition coefficient (Wildman–Crippen LogP) is 0.520. The zero-order valence-electron chi connectivity index (χ0n) is 8.27. The van der Waals surface area contributed by atoms with Crippen LogP contribution in [0.25, 0.3) is 0 Å². The van der Waals surface area contributed by atoms with Gasteiger partial charge in [0.1, 0.15) is 0 Å². The number of pyridine rings is 1. The first-order valence-electron chi connectivity index (χ1n) is 4.94. The lowest BCUT2D eigenvalue weighted by Crippen LogP contribution is -2.37. The van der Waals surface area contributed by atoms with Gasteiger partial charge in [-0.1, -0.05) is 0 Å².